The Morgan fingerprint density at radius 2 is 1.63 bits per heavy atom. The Morgan fingerprint density at radius 1 is 1.00 bits per heavy atom. The molecule has 2 fully saturated rings. The molecule has 2 rings (SSSR count). The first-order chi connectivity index (χ1) is 14.5. The number of nitrogens with one attached hydrogen (secondary N) is 2. The summed E-state index contributed by atoms with van der Waals surface area (Å²) in [6.07, 6.45) is 7.18. The minimum Gasteiger partial charge on any atom is -0.379 e. The van der Waals surface area contributed by atoms with Crippen molar-refractivity contribution in [1.29, 1.82) is 0 Å². The average molecular weight is 445 g/mol. The van der Waals surface area contributed by atoms with Crippen LogP contribution in [-0.4, -0.2) is 74.0 Å². The fraction of sp³-hybridized carbons (Fsp3) is 0.909. The van der Waals surface area contributed by atoms with Crippen molar-refractivity contribution in [2.24, 2.45) is 0 Å². The molecule has 3 atom stereocenters. The Morgan fingerprint density at radius 3 is 2.33 bits per heavy atom. The van der Waals surface area contributed by atoms with E-state index in [4.69, 9.17) is 14.2 Å². The van der Waals surface area contributed by atoms with Gasteiger partial charge in [-0.1, -0.05) is 13.3 Å². The number of unbranched alkanes of at least 4 members (excludes halogenated alkanes) is 2. The predicted molar refractivity (Wildman–Crippen MR) is 120 cm³/mol. The van der Waals surface area contributed by atoms with Crippen LogP contribution in [0.5, 0.6) is 0 Å². The van der Waals surface area contributed by atoms with Gasteiger partial charge in [0, 0.05) is 37.1 Å². The number of ether oxygens (including phenoxy) is 3. The molecule has 0 bridgehead atoms. The van der Waals surface area contributed by atoms with E-state index in [1.54, 1.807) is 0 Å². The van der Waals surface area contributed by atoms with Gasteiger partial charge >= 0.3 is 6.03 Å². The van der Waals surface area contributed by atoms with Gasteiger partial charge in [0.15, 0.2) is 0 Å². The quantitative estimate of drug-likeness (QED) is 0.249. The largest absolute Gasteiger partial charge is 0.379 e. The second-order valence-corrected chi connectivity index (χ2v) is 9.65. The molecule has 0 unspecified atom stereocenters. The smallest absolute Gasteiger partial charge is 0.315 e. The van der Waals surface area contributed by atoms with Crippen LogP contribution in [-0.2, 0) is 19.0 Å². The molecule has 8 heteroatoms. The Kier molecular flexibility index (Phi) is 12.1. The second kappa shape index (κ2) is 14.3. The van der Waals surface area contributed by atoms with Crippen LogP contribution in [0.1, 0.15) is 65.2 Å². The van der Waals surface area contributed by atoms with E-state index in [1.807, 2.05) is 11.8 Å². The van der Waals surface area contributed by atoms with Crippen LogP contribution in [0.4, 0.5) is 4.79 Å². The maximum absolute atomic E-state index is 12.1. The van der Waals surface area contributed by atoms with Gasteiger partial charge in [0.2, 0.25) is 0 Å². The fourth-order valence-electron chi connectivity index (χ4n) is 3.93. The highest BCUT2D eigenvalue weighted by Gasteiger charge is 2.51. The van der Waals surface area contributed by atoms with Crippen LogP contribution in [0.25, 0.3) is 0 Å². The first-order valence-electron chi connectivity index (χ1n) is 11.5. The lowest BCUT2D eigenvalue weighted by Gasteiger charge is -2.23. The molecule has 0 aromatic rings. The molecule has 2 aliphatic heterocycles. The van der Waals surface area contributed by atoms with Gasteiger partial charge < -0.3 is 24.8 Å². The highest BCUT2D eigenvalue weighted by molar-refractivity contribution is 8.00. The number of fused-ring (bicyclic) bond motifs is 1. The number of urea groups is 1. The zero-order chi connectivity index (χ0) is 21.7. The van der Waals surface area contributed by atoms with Gasteiger partial charge in [0.05, 0.1) is 38.0 Å². The molecule has 2 saturated heterocycles. The number of rotatable bonds is 18. The summed E-state index contributed by atoms with van der Waals surface area (Å²) in [5, 5.41) is 6.55. The van der Waals surface area contributed by atoms with Crippen molar-refractivity contribution < 1.29 is 23.8 Å². The maximum Gasteiger partial charge on any atom is 0.315 e. The second-order valence-electron chi connectivity index (χ2n) is 8.42. The number of carbonyl (C=O) groups excluding carboxylic acids is 2. The Hall–Kier alpha value is -0.830. The molecular weight excluding hydrogens is 404 g/mol. The molecule has 2 amide bonds. The van der Waals surface area contributed by atoms with E-state index in [9.17, 15) is 9.59 Å². The molecule has 0 aromatic heterocycles. The normalized spacial score (nSPS) is 25.2. The molecule has 2 aliphatic rings. The number of Topliss-reactive ketones (excluding diaryl/α,β-unsaturated/α-hetero) is 1. The number of carbonyl (C=O) groups is 2. The SMILES string of the molecule is CCCOCCOCCOCCCCC(=O)CCCC[C@@H]1SC[C@]2(C)NC(=O)N[C@H]12. The lowest BCUT2D eigenvalue weighted by molar-refractivity contribution is -0.119. The lowest BCUT2D eigenvalue weighted by Crippen LogP contribution is -2.47. The molecule has 30 heavy (non-hydrogen) atoms. The monoisotopic (exact) mass is 444 g/mol. The van der Waals surface area contributed by atoms with E-state index >= 15 is 0 Å². The summed E-state index contributed by atoms with van der Waals surface area (Å²) in [6, 6.07) is 0.169. The molecule has 7 nitrogen and oxygen atoms in total. The topological polar surface area (TPSA) is 85.9 Å². The summed E-state index contributed by atoms with van der Waals surface area (Å²) in [5.74, 6) is 1.31. The van der Waals surface area contributed by atoms with E-state index in [2.05, 4.69) is 24.5 Å². The van der Waals surface area contributed by atoms with Crippen molar-refractivity contribution in [1.82, 2.24) is 10.6 Å². The standard InChI is InChI=1S/C22H40N2O5S/c1-3-11-27-13-15-29-16-14-28-12-7-6-9-18(25)8-4-5-10-19-20-22(2,17-30-19)24-21(26)23-20/h19-20H,3-17H2,1-2H3,(H2,23,24,26)/t19-,20+,22-/m0/s1. The van der Waals surface area contributed by atoms with Crippen molar-refractivity contribution in [3.05, 3.63) is 0 Å². The van der Waals surface area contributed by atoms with Gasteiger partial charge in [-0.3, -0.25) is 4.79 Å². The highest BCUT2D eigenvalue weighted by Crippen LogP contribution is 2.39. The first-order valence-corrected chi connectivity index (χ1v) is 12.6. The van der Waals surface area contributed by atoms with E-state index < -0.39 is 0 Å². The van der Waals surface area contributed by atoms with Crippen LogP contribution >= 0.6 is 11.8 Å². The summed E-state index contributed by atoms with van der Waals surface area (Å²) in [7, 11) is 0. The number of amides is 2. The molecule has 0 saturated carbocycles. The molecule has 0 aliphatic carbocycles. The van der Waals surface area contributed by atoms with Crippen molar-refractivity contribution >= 4 is 23.6 Å². The van der Waals surface area contributed by atoms with Crippen molar-refractivity contribution in [2.75, 3.05) is 45.4 Å². The zero-order valence-corrected chi connectivity index (χ0v) is 19.5. The van der Waals surface area contributed by atoms with Crippen LogP contribution < -0.4 is 10.6 Å². The van der Waals surface area contributed by atoms with E-state index in [0.29, 0.717) is 56.9 Å². The van der Waals surface area contributed by atoms with Crippen molar-refractivity contribution in [2.45, 2.75) is 82.0 Å². The van der Waals surface area contributed by atoms with Crippen LogP contribution in [0.3, 0.4) is 0 Å². The van der Waals surface area contributed by atoms with Gasteiger partial charge in [0.1, 0.15) is 5.78 Å². The minimum absolute atomic E-state index is 0.0449. The third kappa shape index (κ3) is 9.12. The maximum atomic E-state index is 12.1. The Balaban J connectivity index is 1.36. The van der Waals surface area contributed by atoms with Crippen LogP contribution in [0, 0.1) is 0 Å². The van der Waals surface area contributed by atoms with E-state index in [1.165, 1.54) is 0 Å². The molecule has 174 valence electrons. The molecule has 0 spiro atoms. The Bertz CT molecular complexity index is 522. The summed E-state index contributed by atoms with van der Waals surface area (Å²) in [6.45, 7) is 8.11. The Labute approximate surface area is 185 Å². The van der Waals surface area contributed by atoms with E-state index in [0.717, 1.165) is 50.9 Å². The summed E-state index contributed by atoms with van der Waals surface area (Å²) in [4.78, 5) is 23.6. The molecule has 0 aromatic carbocycles. The van der Waals surface area contributed by atoms with Gasteiger partial charge in [0.25, 0.3) is 0 Å². The predicted octanol–water partition coefficient (Wildman–Crippen LogP) is 3.30. The third-order valence-electron chi connectivity index (χ3n) is 5.62. The fourth-order valence-corrected chi connectivity index (χ4v) is 5.64. The van der Waals surface area contributed by atoms with Crippen LogP contribution in [0.15, 0.2) is 0 Å². The molecule has 0 radical (unpaired) electrons. The third-order valence-corrected chi connectivity index (χ3v) is 7.32. The summed E-state index contributed by atoms with van der Waals surface area (Å²) >= 11 is 1.93. The number of hydrogen-bond donors (Lipinski definition) is 2. The zero-order valence-electron chi connectivity index (χ0n) is 18.7. The number of ketones is 1. The minimum atomic E-state index is -0.112. The highest BCUT2D eigenvalue weighted by atomic mass is 32.2. The van der Waals surface area contributed by atoms with Gasteiger partial charge in [-0.25, -0.2) is 4.79 Å². The van der Waals surface area contributed by atoms with Gasteiger partial charge in [-0.15, -0.1) is 0 Å². The number of thioether (sulfide) groups is 1. The van der Waals surface area contributed by atoms with E-state index in [-0.39, 0.29) is 17.6 Å². The number of hydrogen-bond acceptors (Lipinski definition) is 6. The molecule has 2 heterocycles. The van der Waals surface area contributed by atoms with Gasteiger partial charge in [-0.05, 0) is 39.0 Å². The van der Waals surface area contributed by atoms with Gasteiger partial charge in [-0.2, -0.15) is 11.8 Å². The first kappa shape index (κ1) is 25.4. The summed E-state index contributed by atoms with van der Waals surface area (Å²) in [5.41, 5.74) is -0.112. The summed E-state index contributed by atoms with van der Waals surface area (Å²) < 4.78 is 16.3. The van der Waals surface area contributed by atoms with Crippen LogP contribution in [0.2, 0.25) is 0 Å². The van der Waals surface area contributed by atoms with Crippen molar-refractivity contribution in [3.63, 3.8) is 0 Å². The molecular formula is C22H40N2O5S. The molecule has 2 N–H and O–H groups in total. The average Bonchev–Trinajstić information content (AvgIpc) is 3.17. The lowest BCUT2D eigenvalue weighted by atomic mass is 9.92. The van der Waals surface area contributed by atoms with Crippen molar-refractivity contribution in [3.8, 4) is 0 Å².